The fourth-order valence-corrected chi connectivity index (χ4v) is 3.92. The van der Waals surface area contributed by atoms with Gasteiger partial charge in [0.05, 0.1) is 31.1 Å². The molecule has 3 N–H and O–H groups in total. The summed E-state index contributed by atoms with van der Waals surface area (Å²) < 4.78 is 36.5. The summed E-state index contributed by atoms with van der Waals surface area (Å²) >= 11 is 0. The summed E-state index contributed by atoms with van der Waals surface area (Å²) in [5.41, 5.74) is 0.312. The minimum atomic E-state index is -4.78. The fourth-order valence-electron chi connectivity index (χ4n) is 2.68. The van der Waals surface area contributed by atoms with Gasteiger partial charge in [0.1, 0.15) is 11.9 Å². The predicted octanol–water partition coefficient (Wildman–Crippen LogP) is 1.46. The summed E-state index contributed by atoms with van der Waals surface area (Å²) in [6.45, 7) is 1.75. The molecule has 0 radical (unpaired) electrons. The van der Waals surface area contributed by atoms with Gasteiger partial charge in [0.25, 0.3) is 0 Å². The maximum Gasteiger partial charge on any atom is 0.490 e. The maximum atomic E-state index is 14.2. The van der Waals surface area contributed by atoms with Crippen LogP contribution in [0.1, 0.15) is 20.3 Å². The number of hydrogen-bond acceptors (Lipinski definition) is 8. The maximum absolute atomic E-state index is 14.2. The monoisotopic (exact) mass is 447 g/mol. The average Bonchev–Trinajstić information content (AvgIpc) is 3.04. The Kier molecular flexibility index (Phi) is 7.77. The van der Waals surface area contributed by atoms with Crippen LogP contribution in [-0.2, 0) is 23.4 Å². The molecule has 2 amide bonds. The van der Waals surface area contributed by atoms with Gasteiger partial charge in [-0.25, -0.2) is 18.4 Å². The lowest BCUT2D eigenvalue weighted by molar-refractivity contribution is -0.135. The van der Waals surface area contributed by atoms with Gasteiger partial charge in [-0.2, -0.15) is 0 Å². The summed E-state index contributed by atoms with van der Waals surface area (Å²) in [5.74, 6) is -2.49. The van der Waals surface area contributed by atoms with Crippen LogP contribution in [0.25, 0.3) is 0 Å². The van der Waals surface area contributed by atoms with E-state index in [2.05, 4.69) is 9.84 Å². The van der Waals surface area contributed by atoms with E-state index in [9.17, 15) is 28.2 Å². The highest BCUT2D eigenvalue weighted by atomic mass is 31.2. The first kappa shape index (κ1) is 23.6. The molecular formula is C17H23FN3O8P. The molecule has 1 aromatic rings. The number of benzene rings is 1. The van der Waals surface area contributed by atoms with E-state index < -0.39 is 44.2 Å². The predicted molar refractivity (Wildman–Crippen MR) is 103 cm³/mol. The van der Waals surface area contributed by atoms with E-state index >= 15 is 0 Å². The van der Waals surface area contributed by atoms with Crippen LogP contribution in [0.5, 0.6) is 0 Å². The molecule has 0 spiro atoms. The van der Waals surface area contributed by atoms with E-state index in [4.69, 9.17) is 9.84 Å². The second-order valence-corrected chi connectivity index (χ2v) is 7.99. The minimum absolute atomic E-state index is 0.132. The van der Waals surface area contributed by atoms with E-state index in [1.165, 1.54) is 19.1 Å². The molecule has 1 aromatic carbocycles. The number of halogens is 1. The molecule has 166 valence electrons. The van der Waals surface area contributed by atoms with Crippen molar-refractivity contribution in [2.75, 3.05) is 36.5 Å². The largest absolute Gasteiger partial charge is 0.490 e. The van der Waals surface area contributed by atoms with Crippen LogP contribution in [0.4, 0.5) is 20.6 Å². The third kappa shape index (κ3) is 5.68. The van der Waals surface area contributed by atoms with E-state index in [-0.39, 0.29) is 37.5 Å². The third-order valence-electron chi connectivity index (χ3n) is 4.12. The van der Waals surface area contributed by atoms with Gasteiger partial charge in [-0.1, -0.05) is 6.92 Å². The molecule has 13 heteroatoms. The molecule has 0 aliphatic carbocycles. The first-order chi connectivity index (χ1) is 14.1. The normalized spacial score (nSPS) is 17.8. The van der Waals surface area contributed by atoms with Crippen LogP contribution in [0.3, 0.4) is 0 Å². The van der Waals surface area contributed by atoms with Crippen molar-refractivity contribution in [3.8, 4) is 0 Å². The van der Waals surface area contributed by atoms with Crippen LogP contribution in [0.15, 0.2) is 18.2 Å². The van der Waals surface area contributed by atoms with E-state index in [1.54, 1.807) is 0 Å². The molecule has 0 saturated carbocycles. The topological polar surface area (TPSA) is 146 Å². The molecule has 1 saturated heterocycles. The van der Waals surface area contributed by atoms with E-state index in [0.717, 1.165) is 17.9 Å². The molecular weight excluding hydrogens is 424 g/mol. The summed E-state index contributed by atoms with van der Waals surface area (Å²) in [6.07, 6.45) is -2.02. The lowest BCUT2D eigenvalue weighted by Gasteiger charge is -2.26. The zero-order valence-electron chi connectivity index (χ0n) is 16.4. The van der Waals surface area contributed by atoms with Crippen LogP contribution in [-0.4, -0.2) is 65.0 Å². The zero-order chi connectivity index (χ0) is 22.5. The van der Waals surface area contributed by atoms with Gasteiger partial charge >= 0.3 is 19.8 Å². The number of aliphatic hydroxyl groups is 1. The molecule has 1 aliphatic rings. The minimum Gasteiger partial charge on any atom is -0.442 e. The number of amides is 2. The van der Waals surface area contributed by atoms with Gasteiger partial charge in [-0.15, -0.1) is 0 Å². The molecule has 30 heavy (non-hydrogen) atoms. The summed E-state index contributed by atoms with van der Waals surface area (Å²) in [6, 6.07) is 3.93. The zero-order valence-corrected chi connectivity index (χ0v) is 17.3. The Morgan fingerprint density at radius 1 is 1.47 bits per heavy atom. The van der Waals surface area contributed by atoms with Crippen molar-refractivity contribution in [1.29, 1.82) is 0 Å². The van der Waals surface area contributed by atoms with Gasteiger partial charge in [0.2, 0.25) is 5.91 Å². The second-order valence-electron chi connectivity index (χ2n) is 6.34. The molecule has 2 atom stereocenters. The Bertz CT molecular complexity index is 867. The first-order valence-corrected chi connectivity index (χ1v) is 10.6. The van der Waals surface area contributed by atoms with Crippen LogP contribution >= 0.6 is 7.75 Å². The van der Waals surface area contributed by atoms with Crippen LogP contribution in [0.2, 0.25) is 0 Å². The molecule has 1 aliphatic heterocycles. The molecule has 1 fully saturated rings. The van der Waals surface area contributed by atoms with Crippen molar-refractivity contribution < 1.29 is 42.6 Å². The Hall–Kier alpha value is -2.69. The van der Waals surface area contributed by atoms with Crippen molar-refractivity contribution >= 4 is 37.1 Å². The SMILES string of the molecule is CCC(=O)OP(=O)(O)N(C[C@H]1CN(c2ccc(NCCO)c(F)c2)C(=O)O1)C(C)=O. The molecule has 2 rings (SSSR count). The Morgan fingerprint density at radius 3 is 2.73 bits per heavy atom. The molecule has 1 heterocycles. The van der Waals surface area contributed by atoms with Crippen molar-refractivity contribution in [2.24, 2.45) is 0 Å². The summed E-state index contributed by atoms with van der Waals surface area (Å²) in [5, 5.41) is 11.5. The number of ether oxygens (including phenoxy) is 1. The molecule has 1 unspecified atom stereocenters. The van der Waals surface area contributed by atoms with Gasteiger partial charge in [0, 0.05) is 19.9 Å². The van der Waals surface area contributed by atoms with Gasteiger partial charge in [0.15, 0.2) is 0 Å². The average molecular weight is 447 g/mol. The standard InChI is InChI=1S/C17H23FN3O8P/c1-3-16(24)29-30(26,27)21(11(2)23)10-13-9-20(17(25)28-13)12-4-5-15(14(18)8-12)19-6-7-22/h4-5,8,13,19,22H,3,6-7,9-10H2,1-2H3,(H,26,27)/t13-/m1/s1. The van der Waals surface area contributed by atoms with E-state index in [0.29, 0.717) is 4.67 Å². The molecule has 0 aromatic heterocycles. The van der Waals surface area contributed by atoms with Crippen LogP contribution < -0.4 is 10.2 Å². The number of cyclic esters (lactones) is 1. The first-order valence-electron chi connectivity index (χ1n) is 9.05. The molecule has 11 nitrogen and oxygen atoms in total. The quantitative estimate of drug-likeness (QED) is 0.479. The van der Waals surface area contributed by atoms with Crippen LogP contribution in [0, 0.1) is 5.82 Å². The second kappa shape index (κ2) is 9.88. The van der Waals surface area contributed by atoms with Crippen molar-refractivity contribution in [3.05, 3.63) is 24.0 Å². The third-order valence-corrected chi connectivity index (χ3v) is 5.62. The smallest absolute Gasteiger partial charge is 0.442 e. The highest BCUT2D eigenvalue weighted by Gasteiger charge is 2.41. The Balaban J connectivity index is 2.12. The molecule has 0 bridgehead atoms. The summed E-state index contributed by atoms with van der Waals surface area (Å²) in [4.78, 5) is 46.5. The number of rotatable bonds is 9. The highest BCUT2D eigenvalue weighted by Crippen LogP contribution is 2.47. The van der Waals surface area contributed by atoms with Gasteiger partial charge in [-0.3, -0.25) is 19.4 Å². The number of nitrogens with zero attached hydrogens (tertiary/aromatic N) is 2. The fraction of sp³-hybridized carbons (Fsp3) is 0.471. The van der Waals surface area contributed by atoms with Crippen molar-refractivity contribution in [3.63, 3.8) is 0 Å². The number of carbonyl (C=O) groups is 3. The van der Waals surface area contributed by atoms with Gasteiger partial charge in [-0.05, 0) is 18.2 Å². The lowest BCUT2D eigenvalue weighted by Crippen LogP contribution is -2.36. The lowest BCUT2D eigenvalue weighted by atomic mass is 10.2. The number of anilines is 2. The van der Waals surface area contributed by atoms with Crippen molar-refractivity contribution in [2.45, 2.75) is 26.4 Å². The highest BCUT2D eigenvalue weighted by molar-refractivity contribution is 7.51. The van der Waals surface area contributed by atoms with E-state index in [1.807, 2.05) is 0 Å². The number of hydrogen-bond donors (Lipinski definition) is 3. The number of carbonyl (C=O) groups excluding carboxylic acids is 3. The number of nitrogens with one attached hydrogen (secondary N) is 1. The van der Waals surface area contributed by atoms with Crippen molar-refractivity contribution in [1.82, 2.24) is 4.67 Å². The Morgan fingerprint density at radius 2 is 2.17 bits per heavy atom. The Labute approximate surface area is 171 Å². The number of aliphatic hydroxyl groups excluding tert-OH is 1. The summed E-state index contributed by atoms with van der Waals surface area (Å²) in [7, 11) is -4.78. The van der Waals surface area contributed by atoms with Gasteiger partial charge < -0.3 is 19.7 Å².